The molecule has 10 heavy (non-hydrogen) atoms. The number of thiophene rings is 1. The molecule has 0 aliphatic carbocycles. The van der Waals surface area contributed by atoms with Crippen molar-refractivity contribution >= 4 is 17.6 Å². The van der Waals surface area contributed by atoms with E-state index in [4.69, 9.17) is 5.84 Å². The molecule has 0 saturated heterocycles. The summed E-state index contributed by atoms with van der Waals surface area (Å²) >= 11 is 1.73. The van der Waals surface area contributed by atoms with Crippen LogP contribution in [0.5, 0.6) is 0 Å². The van der Waals surface area contributed by atoms with Crippen LogP contribution in [0.25, 0.3) is 0 Å². The molecule has 0 saturated carbocycles. The summed E-state index contributed by atoms with van der Waals surface area (Å²) in [5.74, 6) is 4.99. The van der Waals surface area contributed by atoms with Gasteiger partial charge in [-0.3, -0.25) is 0 Å². The molecule has 3 heteroatoms. The van der Waals surface area contributed by atoms with E-state index in [1.165, 1.54) is 4.88 Å². The van der Waals surface area contributed by atoms with Crippen LogP contribution < -0.4 is 5.84 Å². The zero-order valence-electron chi connectivity index (χ0n) is 5.87. The van der Waals surface area contributed by atoms with Crippen molar-refractivity contribution < 1.29 is 0 Å². The normalized spacial score (nSPS) is 10.9. The van der Waals surface area contributed by atoms with Gasteiger partial charge in [0.05, 0.1) is 6.21 Å². The van der Waals surface area contributed by atoms with Crippen molar-refractivity contribution in [1.29, 1.82) is 0 Å². The summed E-state index contributed by atoms with van der Waals surface area (Å²) in [6.45, 7) is 2.13. The van der Waals surface area contributed by atoms with Crippen LogP contribution in [-0.4, -0.2) is 6.21 Å². The Kier molecular flexibility index (Phi) is 2.45. The number of nitrogens with two attached hydrogens (primary N) is 1. The smallest absolute Gasteiger partial charge is 0.0637 e. The molecule has 0 aromatic carbocycles. The third-order valence-corrected chi connectivity index (χ3v) is 2.40. The first-order valence-electron chi connectivity index (χ1n) is 3.18. The molecular formula is C7H10N2S. The molecule has 0 radical (unpaired) electrons. The second kappa shape index (κ2) is 3.37. The number of hydrogen-bond donors (Lipinski definition) is 1. The molecule has 0 amide bonds. The van der Waals surface area contributed by atoms with Crippen LogP contribution in [0.4, 0.5) is 0 Å². The highest BCUT2D eigenvalue weighted by molar-refractivity contribution is 7.13. The van der Waals surface area contributed by atoms with E-state index in [-0.39, 0.29) is 0 Å². The van der Waals surface area contributed by atoms with Crippen molar-refractivity contribution in [3.63, 3.8) is 0 Å². The van der Waals surface area contributed by atoms with E-state index >= 15 is 0 Å². The van der Waals surface area contributed by atoms with E-state index in [2.05, 4.69) is 18.1 Å². The molecule has 0 aliphatic heterocycles. The van der Waals surface area contributed by atoms with E-state index in [0.29, 0.717) is 0 Å². The summed E-state index contributed by atoms with van der Waals surface area (Å²) < 4.78 is 0. The average molecular weight is 154 g/mol. The Morgan fingerprint density at radius 1 is 1.70 bits per heavy atom. The summed E-state index contributed by atoms with van der Waals surface area (Å²) in [7, 11) is 0. The third kappa shape index (κ3) is 1.57. The number of aryl methyl sites for hydroxylation is 1. The SMILES string of the molecule is CCc1ccc(C=NN)s1. The molecule has 0 aliphatic rings. The Hall–Kier alpha value is -0.830. The van der Waals surface area contributed by atoms with Gasteiger partial charge in [0, 0.05) is 9.75 Å². The lowest BCUT2D eigenvalue weighted by molar-refractivity contribution is 1.19. The van der Waals surface area contributed by atoms with E-state index in [9.17, 15) is 0 Å². The number of hydrogen-bond acceptors (Lipinski definition) is 3. The molecule has 0 atom stereocenters. The van der Waals surface area contributed by atoms with Crippen LogP contribution in [0.2, 0.25) is 0 Å². The minimum atomic E-state index is 1.09. The molecule has 2 nitrogen and oxygen atoms in total. The van der Waals surface area contributed by atoms with Crippen LogP contribution in [0.3, 0.4) is 0 Å². The van der Waals surface area contributed by atoms with E-state index in [1.54, 1.807) is 17.6 Å². The van der Waals surface area contributed by atoms with Gasteiger partial charge in [-0.15, -0.1) is 11.3 Å². The summed E-state index contributed by atoms with van der Waals surface area (Å²) in [6.07, 6.45) is 2.76. The monoisotopic (exact) mass is 154 g/mol. The van der Waals surface area contributed by atoms with Crippen LogP contribution >= 0.6 is 11.3 Å². The minimum absolute atomic E-state index is 1.09. The highest BCUT2D eigenvalue weighted by Crippen LogP contribution is 2.14. The van der Waals surface area contributed by atoms with Crippen LogP contribution in [0.15, 0.2) is 17.2 Å². The zero-order valence-corrected chi connectivity index (χ0v) is 6.69. The van der Waals surface area contributed by atoms with Gasteiger partial charge in [-0.05, 0) is 18.6 Å². The van der Waals surface area contributed by atoms with Gasteiger partial charge in [0.15, 0.2) is 0 Å². The maximum absolute atomic E-state index is 4.99. The quantitative estimate of drug-likeness (QED) is 0.392. The minimum Gasteiger partial charge on any atom is -0.323 e. The van der Waals surface area contributed by atoms with Gasteiger partial charge < -0.3 is 5.84 Å². The van der Waals surface area contributed by atoms with Crippen LogP contribution in [0, 0.1) is 0 Å². The number of rotatable bonds is 2. The maximum atomic E-state index is 4.99. The summed E-state index contributed by atoms with van der Waals surface area (Å²) in [6, 6.07) is 4.13. The lowest BCUT2D eigenvalue weighted by atomic mass is 10.4. The van der Waals surface area contributed by atoms with Gasteiger partial charge >= 0.3 is 0 Å². The highest BCUT2D eigenvalue weighted by Gasteiger charge is 1.93. The van der Waals surface area contributed by atoms with Gasteiger partial charge in [0.25, 0.3) is 0 Å². The number of nitrogens with zero attached hydrogens (tertiary/aromatic N) is 1. The van der Waals surface area contributed by atoms with Crippen molar-refractivity contribution in [3.05, 3.63) is 21.9 Å². The van der Waals surface area contributed by atoms with Gasteiger partial charge in [-0.2, -0.15) is 5.10 Å². The average Bonchev–Trinajstić information content (AvgIpc) is 2.37. The molecule has 1 aromatic rings. The fourth-order valence-electron chi connectivity index (χ4n) is 0.727. The lowest BCUT2D eigenvalue weighted by Gasteiger charge is -1.81. The Bertz CT molecular complexity index is 227. The topological polar surface area (TPSA) is 38.4 Å². The van der Waals surface area contributed by atoms with E-state index < -0.39 is 0 Å². The van der Waals surface area contributed by atoms with Crippen molar-refractivity contribution in [2.75, 3.05) is 0 Å². The summed E-state index contributed by atoms with van der Waals surface area (Å²) in [5.41, 5.74) is 0. The van der Waals surface area contributed by atoms with Crippen LogP contribution in [0.1, 0.15) is 16.7 Å². The standard InChI is InChI=1S/C7H10N2S/c1-2-6-3-4-7(10-6)5-9-8/h3-5H,2,8H2,1H3. The van der Waals surface area contributed by atoms with Gasteiger partial charge in [0.2, 0.25) is 0 Å². The molecular weight excluding hydrogens is 144 g/mol. The second-order valence-electron chi connectivity index (χ2n) is 1.94. The molecule has 0 unspecified atom stereocenters. The highest BCUT2D eigenvalue weighted by atomic mass is 32.1. The largest absolute Gasteiger partial charge is 0.323 e. The maximum Gasteiger partial charge on any atom is 0.0637 e. The van der Waals surface area contributed by atoms with Crippen molar-refractivity contribution in [2.45, 2.75) is 13.3 Å². The first-order chi connectivity index (χ1) is 4.86. The van der Waals surface area contributed by atoms with Crippen molar-refractivity contribution in [1.82, 2.24) is 0 Å². The third-order valence-electron chi connectivity index (χ3n) is 1.23. The second-order valence-corrected chi connectivity index (χ2v) is 3.14. The summed E-state index contributed by atoms with van der Waals surface area (Å²) in [5, 5.41) is 3.44. The lowest BCUT2D eigenvalue weighted by Crippen LogP contribution is -1.80. The van der Waals surface area contributed by atoms with E-state index in [0.717, 1.165) is 11.3 Å². The molecule has 54 valence electrons. The fraction of sp³-hybridized carbons (Fsp3) is 0.286. The zero-order chi connectivity index (χ0) is 7.40. The molecule has 0 fully saturated rings. The molecule has 1 heterocycles. The predicted molar refractivity (Wildman–Crippen MR) is 45.5 cm³/mol. The Morgan fingerprint density at radius 3 is 3.00 bits per heavy atom. The van der Waals surface area contributed by atoms with Gasteiger partial charge in [0.1, 0.15) is 0 Å². The Balaban J connectivity index is 2.78. The van der Waals surface area contributed by atoms with Gasteiger partial charge in [-0.25, -0.2) is 0 Å². The molecule has 0 bridgehead atoms. The van der Waals surface area contributed by atoms with Gasteiger partial charge in [-0.1, -0.05) is 6.92 Å². The first kappa shape index (κ1) is 7.28. The molecule has 1 aromatic heterocycles. The number of hydrazone groups is 1. The van der Waals surface area contributed by atoms with Crippen molar-refractivity contribution in [3.8, 4) is 0 Å². The fourth-order valence-corrected chi connectivity index (χ4v) is 1.56. The summed E-state index contributed by atoms with van der Waals surface area (Å²) in [4.78, 5) is 2.49. The molecule has 0 spiro atoms. The predicted octanol–water partition coefficient (Wildman–Crippen LogP) is 1.60. The van der Waals surface area contributed by atoms with Crippen LogP contribution in [-0.2, 0) is 6.42 Å². The van der Waals surface area contributed by atoms with E-state index in [1.807, 2.05) is 6.07 Å². The Labute approximate surface area is 64.4 Å². The molecule has 2 N–H and O–H groups in total. The first-order valence-corrected chi connectivity index (χ1v) is 4.00. The van der Waals surface area contributed by atoms with Crippen molar-refractivity contribution in [2.24, 2.45) is 10.9 Å². The Morgan fingerprint density at radius 2 is 2.50 bits per heavy atom. The molecule has 1 rings (SSSR count).